The molecule has 1 rings (SSSR count). The number of amides is 1. The molecule has 1 atom stereocenters. The maximum absolute atomic E-state index is 12.0. The second kappa shape index (κ2) is 5.32. The molecular weight excluding hydrogens is 226 g/mol. The number of hydrogen-bond acceptors (Lipinski definition) is 2. The molecule has 88 valence electrons. The van der Waals surface area contributed by atoms with Gasteiger partial charge >= 0.3 is 0 Å². The van der Waals surface area contributed by atoms with Gasteiger partial charge in [-0.3, -0.25) is 4.79 Å². The van der Waals surface area contributed by atoms with Crippen LogP contribution in [0.4, 0.5) is 0 Å². The molecule has 0 aliphatic carbocycles. The molecule has 3 nitrogen and oxygen atoms in total. The highest BCUT2D eigenvalue weighted by Crippen LogP contribution is 2.17. The average molecular weight is 242 g/mol. The van der Waals surface area contributed by atoms with E-state index in [2.05, 4.69) is 0 Å². The fraction of sp³-hybridized carbons (Fsp3) is 0.417. The number of aryl methyl sites for hydroxylation is 1. The first-order chi connectivity index (χ1) is 7.47. The fourth-order valence-electron chi connectivity index (χ4n) is 1.30. The van der Waals surface area contributed by atoms with Crippen molar-refractivity contribution in [2.24, 2.45) is 0 Å². The number of carbonyl (C=O) groups excluding carboxylic acids is 1. The third kappa shape index (κ3) is 2.74. The number of halogens is 1. The summed E-state index contributed by atoms with van der Waals surface area (Å²) in [4.78, 5) is 13.5. The van der Waals surface area contributed by atoms with Crippen LogP contribution in [0.1, 0.15) is 22.8 Å². The van der Waals surface area contributed by atoms with E-state index in [0.29, 0.717) is 10.6 Å². The highest BCUT2D eigenvalue weighted by molar-refractivity contribution is 6.31. The molecule has 1 unspecified atom stereocenters. The molecule has 4 heteroatoms. The van der Waals surface area contributed by atoms with Crippen LogP contribution in [0.3, 0.4) is 0 Å². The van der Waals surface area contributed by atoms with Crippen LogP contribution in [-0.4, -0.2) is 35.6 Å². The summed E-state index contributed by atoms with van der Waals surface area (Å²) in [7, 11) is 1.67. The predicted molar refractivity (Wildman–Crippen MR) is 64.8 cm³/mol. The molecule has 0 bridgehead atoms. The number of nitrogens with zero attached hydrogens (tertiary/aromatic N) is 1. The van der Waals surface area contributed by atoms with Gasteiger partial charge in [0.1, 0.15) is 0 Å². The Morgan fingerprint density at radius 1 is 1.56 bits per heavy atom. The van der Waals surface area contributed by atoms with Crippen LogP contribution in [0.25, 0.3) is 0 Å². The molecule has 0 saturated carbocycles. The number of carbonyl (C=O) groups is 1. The van der Waals surface area contributed by atoms with Gasteiger partial charge in [-0.2, -0.15) is 0 Å². The summed E-state index contributed by atoms with van der Waals surface area (Å²) < 4.78 is 0. The Hall–Kier alpha value is -1.06. The molecular formula is C12H16ClNO2. The molecule has 1 amide bonds. The molecule has 0 fully saturated rings. The molecule has 1 N–H and O–H groups in total. The minimum Gasteiger partial charge on any atom is -0.394 e. The van der Waals surface area contributed by atoms with Crippen LogP contribution < -0.4 is 0 Å². The van der Waals surface area contributed by atoms with Crippen molar-refractivity contribution in [1.29, 1.82) is 0 Å². The smallest absolute Gasteiger partial charge is 0.253 e. The lowest BCUT2D eigenvalue weighted by atomic mass is 10.1. The van der Waals surface area contributed by atoms with Crippen molar-refractivity contribution in [3.8, 4) is 0 Å². The van der Waals surface area contributed by atoms with Crippen LogP contribution in [0, 0.1) is 6.92 Å². The number of aliphatic hydroxyl groups is 1. The lowest BCUT2D eigenvalue weighted by Crippen LogP contribution is -2.37. The summed E-state index contributed by atoms with van der Waals surface area (Å²) in [6.07, 6.45) is 0. The van der Waals surface area contributed by atoms with E-state index in [1.165, 1.54) is 4.90 Å². The molecule has 0 saturated heterocycles. The quantitative estimate of drug-likeness (QED) is 0.881. The number of benzene rings is 1. The van der Waals surface area contributed by atoms with Gasteiger partial charge < -0.3 is 10.0 Å². The van der Waals surface area contributed by atoms with Crippen molar-refractivity contribution < 1.29 is 9.90 Å². The topological polar surface area (TPSA) is 40.5 Å². The van der Waals surface area contributed by atoms with E-state index in [1.807, 2.05) is 6.92 Å². The highest BCUT2D eigenvalue weighted by atomic mass is 35.5. The summed E-state index contributed by atoms with van der Waals surface area (Å²) in [5.41, 5.74) is 1.46. The molecule has 0 aromatic heterocycles. The largest absolute Gasteiger partial charge is 0.394 e. The SMILES string of the molecule is Cc1cc(C(=O)N(C)C(C)CO)ccc1Cl. The van der Waals surface area contributed by atoms with Crippen molar-refractivity contribution in [2.75, 3.05) is 13.7 Å². The predicted octanol–water partition coefficient (Wildman–Crippen LogP) is 2.10. The zero-order chi connectivity index (χ0) is 12.3. The van der Waals surface area contributed by atoms with Crippen LogP contribution in [0.2, 0.25) is 5.02 Å². The van der Waals surface area contributed by atoms with Gasteiger partial charge in [-0.15, -0.1) is 0 Å². The van der Waals surface area contributed by atoms with E-state index >= 15 is 0 Å². The fourth-order valence-corrected chi connectivity index (χ4v) is 1.42. The third-order valence-electron chi connectivity index (χ3n) is 2.65. The monoisotopic (exact) mass is 241 g/mol. The van der Waals surface area contributed by atoms with Gasteiger partial charge in [0.15, 0.2) is 0 Å². The number of likely N-dealkylation sites (N-methyl/N-ethyl adjacent to an activating group) is 1. The number of hydrogen-bond donors (Lipinski definition) is 1. The van der Waals surface area contributed by atoms with Crippen LogP contribution in [-0.2, 0) is 0 Å². The molecule has 0 heterocycles. The van der Waals surface area contributed by atoms with E-state index in [4.69, 9.17) is 16.7 Å². The normalized spacial score (nSPS) is 12.3. The van der Waals surface area contributed by atoms with Gasteiger partial charge in [-0.05, 0) is 37.6 Å². The first-order valence-corrected chi connectivity index (χ1v) is 5.49. The van der Waals surface area contributed by atoms with Crippen LogP contribution in [0.15, 0.2) is 18.2 Å². The van der Waals surface area contributed by atoms with Gasteiger partial charge in [0.25, 0.3) is 5.91 Å². The van der Waals surface area contributed by atoms with Crippen molar-refractivity contribution in [3.05, 3.63) is 34.3 Å². The second-order valence-corrected chi connectivity index (χ2v) is 4.32. The average Bonchev–Trinajstić information content (AvgIpc) is 2.29. The Labute approximate surface area is 101 Å². The molecule has 1 aromatic carbocycles. The molecule has 1 aromatic rings. The minimum atomic E-state index is -0.191. The minimum absolute atomic E-state index is 0.0468. The maximum atomic E-state index is 12.0. The van der Waals surface area contributed by atoms with Gasteiger partial charge in [-0.25, -0.2) is 0 Å². The van der Waals surface area contributed by atoms with Crippen molar-refractivity contribution in [1.82, 2.24) is 4.90 Å². The second-order valence-electron chi connectivity index (χ2n) is 3.91. The summed E-state index contributed by atoms with van der Waals surface area (Å²) in [5, 5.41) is 9.63. The number of aliphatic hydroxyl groups excluding tert-OH is 1. The van der Waals surface area contributed by atoms with Gasteiger partial charge in [0.2, 0.25) is 0 Å². The maximum Gasteiger partial charge on any atom is 0.253 e. The van der Waals surface area contributed by atoms with Crippen LogP contribution in [0.5, 0.6) is 0 Å². The Kier molecular flexibility index (Phi) is 4.33. The Bertz CT molecular complexity index is 393. The van der Waals surface area contributed by atoms with Crippen molar-refractivity contribution >= 4 is 17.5 Å². The number of rotatable bonds is 3. The summed E-state index contributed by atoms with van der Waals surface area (Å²) in [6.45, 7) is 3.60. The lowest BCUT2D eigenvalue weighted by molar-refractivity contribution is 0.0682. The lowest BCUT2D eigenvalue weighted by Gasteiger charge is -2.23. The van der Waals surface area contributed by atoms with E-state index in [9.17, 15) is 4.79 Å². The molecule has 0 aliphatic heterocycles. The Morgan fingerprint density at radius 3 is 2.69 bits per heavy atom. The molecule has 16 heavy (non-hydrogen) atoms. The summed E-state index contributed by atoms with van der Waals surface area (Å²) in [5.74, 6) is -0.110. The molecule has 0 aliphatic rings. The molecule has 0 spiro atoms. The Balaban J connectivity index is 2.92. The molecule has 0 radical (unpaired) electrons. The highest BCUT2D eigenvalue weighted by Gasteiger charge is 2.16. The van der Waals surface area contributed by atoms with Gasteiger partial charge in [0.05, 0.1) is 12.6 Å². The first kappa shape index (κ1) is 13.0. The zero-order valence-corrected chi connectivity index (χ0v) is 10.5. The standard InChI is InChI=1S/C12H16ClNO2/c1-8-6-10(4-5-11(8)13)12(16)14(3)9(2)7-15/h4-6,9,15H,7H2,1-3H3. The van der Waals surface area contributed by atoms with E-state index in [0.717, 1.165) is 5.56 Å². The van der Waals surface area contributed by atoms with E-state index < -0.39 is 0 Å². The van der Waals surface area contributed by atoms with Crippen molar-refractivity contribution in [3.63, 3.8) is 0 Å². The first-order valence-electron chi connectivity index (χ1n) is 5.11. The summed E-state index contributed by atoms with van der Waals surface area (Å²) in [6, 6.07) is 4.97. The van der Waals surface area contributed by atoms with E-state index in [1.54, 1.807) is 32.2 Å². The summed E-state index contributed by atoms with van der Waals surface area (Å²) >= 11 is 5.89. The van der Waals surface area contributed by atoms with Gasteiger partial charge in [0, 0.05) is 17.6 Å². The van der Waals surface area contributed by atoms with E-state index in [-0.39, 0.29) is 18.6 Å². The van der Waals surface area contributed by atoms with Crippen LogP contribution >= 0.6 is 11.6 Å². The van der Waals surface area contributed by atoms with Crippen molar-refractivity contribution in [2.45, 2.75) is 19.9 Å². The zero-order valence-electron chi connectivity index (χ0n) is 9.70. The third-order valence-corrected chi connectivity index (χ3v) is 3.07. The Morgan fingerprint density at radius 2 is 2.19 bits per heavy atom. The van der Waals surface area contributed by atoms with Gasteiger partial charge in [-0.1, -0.05) is 11.6 Å².